The van der Waals surface area contributed by atoms with Crippen molar-refractivity contribution in [1.29, 1.82) is 0 Å². The van der Waals surface area contributed by atoms with Crippen molar-refractivity contribution in [3.63, 3.8) is 0 Å². The first-order valence-corrected chi connectivity index (χ1v) is 7.96. The van der Waals surface area contributed by atoms with Gasteiger partial charge < -0.3 is 13.7 Å². The molecule has 0 unspecified atom stereocenters. The number of nitrogens with zero attached hydrogens (tertiary/aromatic N) is 1. The lowest BCUT2D eigenvalue weighted by Gasteiger charge is -2.12. The highest BCUT2D eigenvalue weighted by atomic mass is 19.4. The number of aryl methyl sites for hydroxylation is 3. The van der Waals surface area contributed by atoms with Gasteiger partial charge in [-0.3, -0.25) is 4.79 Å². The van der Waals surface area contributed by atoms with E-state index in [0.29, 0.717) is 5.56 Å². The average Bonchev–Trinajstić information content (AvgIpc) is 2.78. The molecule has 0 aromatic carbocycles. The molecule has 2 aromatic heterocycles. The molecule has 0 fully saturated rings. The third-order valence-corrected chi connectivity index (χ3v) is 4.08. The van der Waals surface area contributed by atoms with Gasteiger partial charge in [0.25, 0.3) is 0 Å². The molecule has 0 radical (unpaired) electrons. The molecule has 0 N–H and O–H groups in total. The third kappa shape index (κ3) is 4.66. The third-order valence-electron chi connectivity index (χ3n) is 4.08. The van der Waals surface area contributed by atoms with Crippen molar-refractivity contribution in [2.75, 3.05) is 6.61 Å². The molecule has 0 saturated heterocycles. The Hall–Kier alpha value is -2.84. The highest BCUT2D eigenvalue weighted by Crippen LogP contribution is 2.23. The molecule has 2 rings (SSSR count). The van der Waals surface area contributed by atoms with Gasteiger partial charge in [0, 0.05) is 23.0 Å². The normalized spacial score (nSPS) is 11.5. The van der Waals surface area contributed by atoms with Crippen LogP contribution in [-0.4, -0.2) is 29.1 Å². The molecule has 2 heterocycles. The zero-order valence-electron chi connectivity index (χ0n) is 15.2. The van der Waals surface area contributed by atoms with Gasteiger partial charge in [-0.1, -0.05) is 0 Å². The zero-order valence-corrected chi connectivity index (χ0v) is 15.2. The maximum absolute atomic E-state index is 12.7. The van der Waals surface area contributed by atoms with Gasteiger partial charge in [0.1, 0.15) is 17.9 Å². The first-order valence-electron chi connectivity index (χ1n) is 7.96. The minimum atomic E-state index is -4.42. The van der Waals surface area contributed by atoms with Crippen LogP contribution in [0.3, 0.4) is 0 Å². The summed E-state index contributed by atoms with van der Waals surface area (Å²) in [6.07, 6.45) is -4.42. The van der Waals surface area contributed by atoms with Crippen LogP contribution in [0.2, 0.25) is 0 Å². The molecule has 0 bridgehead atoms. The summed E-state index contributed by atoms with van der Waals surface area (Å²) in [6.45, 7) is 3.94. The van der Waals surface area contributed by atoms with Gasteiger partial charge >= 0.3 is 17.8 Å². The number of ether oxygens (including phenoxy) is 1. The smallest absolute Gasteiger partial charge is 0.406 e. The fraction of sp³-hybridized carbons (Fsp3) is 0.389. The molecular weight excluding hydrogens is 367 g/mol. The molecule has 0 aliphatic rings. The van der Waals surface area contributed by atoms with Crippen molar-refractivity contribution in [2.24, 2.45) is 0 Å². The minimum absolute atomic E-state index is 0.0324. The number of halogens is 3. The Morgan fingerprint density at radius 2 is 1.78 bits per heavy atom. The molecule has 27 heavy (non-hydrogen) atoms. The van der Waals surface area contributed by atoms with Crippen LogP contribution < -0.4 is 5.63 Å². The highest BCUT2D eigenvalue weighted by Gasteiger charge is 2.30. The fourth-order valence-electron chi connectivity index (χ4n) is 2.85. The molecular formula is C18H18F3NO5. The standard InChI is InChI=1S/C18H18F3NO5/c1-9-5-15(24)27-12(4)16(9)17(25)26-7-14(23)13-6-10(2)22(11(13)3)8-18(19,20)21/h5-6H,7-8H2,1-4H3. The molecule has 9 heteroatoms. The van der Waals surface area contributed by atoms with Crippen molar-refractivity contribution in [2.45, 2.75) is 40.4 Å². The first-order chi connectivity index (χ1) is 12.4. The molecule has 6 nitrogen and oxygen atoms in total. The van der Waals surface area contributed by atoms with Crippen LogP contribution in [0.5, 0.6) is 0 Å². The summed E-state index contributed by atoms with van der Waals surface area (Å²) < 4.78 is 48.7. The van der Waals surface area contributed by atoms with E-state index >= 15 is 0 Å². The van der Waals surface area contributed by atoms with E-state index < -0.39 is 36.7 Å². The van der Waals surface area contributed by atoms with Crippen LogP contribution in [0.4, 0.5) is 13.2 Å². The second kappa shape index (κ2) is 7.42. The van der Waals surface area contributed by atoms with Gasteiger partial charge in [-0.2, -0.15) is 13.2 Å². The Morgan fingerprint density at radius 1 is 1.15 bits per heavy atom. The number of aromatic nitrogens is 1. The van der Waals surface area contributed by atoms with E-state index in [0.717, 1.165) is 10.6 Å². The van der Waals surface area contributed by atoms with Gasteiger partial charge in [0.05, 0.1) is 0 Å². The minimum Gasteiger partial charge on any atom is -0.454 e. The maximum atomic E-state index is 12.7. The van der Waals surface area contributed by atoms with Crippen LogP contribution in [-0.2, 0) is 11.3 Å². The number of rotatable bonds is 5. The number of carbonyl (C=O) groups is 2. The van der Waals surface area contributed by atoms with Gasteiger partial charge in [-0.05, 0) is 39.3 Å². The van der Waals surface area contributed by atoms with Crippen molar-refractivity contribution < 1.29 is 31.9 Å². The van der Waals surface area contributed by atoms with E-state index in [4.69, 9.17) is 9.15 Å². The Labute approximate surface area is 152 Å². The average molecular weight is 385 g/mol. The van der Waals surface area contributed by atoms with Crippen LogP contribution in [0.25, 0.3) is 0 Å². The van der Waals surface area contributed by atoms with Gasteiger partial charge in [-0.25, -0.2) is 9.59 Å². The van der Waals surface area contributed by atoms with E-state index in [1.165, 1.54) is 33.8 Å². The van der Waals surface area contributed by atoms with Crippen molar-refractivity contribution in [1.82, 2.24) is 4.57 Å². The summed E-state index contributed by atoms with van der Waals surface area (Å²) in [7, 11) is 0. The van der Waals surface area contributed by atoms with Crippen molar-refractivity contribution >= 4 is 11.8 Å². The van der Waals surface area contributed by atoms with E-state index in [2.05, 4.69) is 0 Å². The number of alkyl halides is 3. The summed E-state index contributed by atoms with van der Waals surface area (Å²) in [6, 6.07) is 2.45. The molecule has 0 aliphatic heterocycles. The van der Waals surface area contributed by atoms with Crippen molar-refractivity contribution in [3.8, 4) is 0 Å². The van der Waals surface area contributed by atoms with E-state index in [1.54, 1.807) is 0 Å². The molecule has 2 aromatic rings. The SMILES string of the molecule is Cc1cc(=O)oc(C)c1C(=O)OCC(=O)c1cc(C)n(CC(F)(F)F)c1C. The highest BCUT2D eigenvalue weighted by molar-refractivity contribution is 6.00. The lowest BCUT2D eigenvalue weighted by atomic mass is 10.1. The lowest BCUT2D eigenvalue weighted by Crippen LogP contribution is -2.20. The second-order valence-corrected chi connectivity index (χ2v) is 6.17. The second-order valence-electron chi connectivity index (χ2n) is 6.17. The number of Topliss-reactive ketones (excluding diaryl/α,β-unsaturated/α-hetero) is 1. The largest absolute Gasteiger partial charge is 0.454 e. The molecule has 146 valence electrons. The Bertz CT molecular complexity index is 927. The summed E-state index contributed by atoms with van der Waals surface area (Å²) in [4.78, 5) is 35.8. The number of carbonyl (C=O) groups excluding carboxylic acids is 2. The molecule has 0 saturated carbocycles. The predicted octanol–water partition coefficient (Wildman–Crippen LogP) is 3.28. The maximum Gasteiger partial charge on any atom is 0.406 e. The number of hydrogen-bond acceptors (Lipinski definition) is 5. The van der Waals surface area contributed by atoms with Crippen LogP contribution in [0, 0.1) is 27.7 Å². The summed E-state index contributed by atoms with van der Waals surface area (Å²) in [5.41, 5.74) is 0.224. The summed E-state index contributed by atoms with van der Waals surface area (Å²) in [5.74, 6) is -1.43. The molecule has 0 atom stereocenters. The van der Waals surface area contributed by atoms with Gasteiger partial charge in [-0.15, -0.1) is 0 Å². The van der Waals surface area contributed by atoms with E-state index in [1.807, 2.05) is 0 Å². The summed E-state index contributed by atoms with van der Waals surface area (Å²) >= 11 is 0. The van der Waals surface area contributed by atoms with E-state index in [-0.39, 0.29) is 28.3 Å². The summed E-state index contributed by atoms with van der Waals surface area (Å²) in [5, 5.41) is 0. The Balaban J connectivity index is 2.16. The van der Waals surface area contributed by atoms with Crippen LogP contribution in [0.15, 0.2) is 21.3 Å². The zero-order chi connectivity index (χ0) is 20.5. The van der Waals surface area contributed by atoms with Crippen LogP contribution >= 0.6 is 0 Å². The molecule has 0 spiro atoms. The quantitative estimate of drug-likeness (QED) is 0.583. The lowest BCUT2D eigenvalue weighted by molar-refractivity contribution is -0.141. The number of hydrogen-bond donors (Lipinski definition) is 0. The topological polar surface area (TPSA) is 78.5 Å². The number of ketones is 1. The van der Waals surface area contributed by atoms with Gasteiger partial charge in [0.15, 0.2) is 6.61 Å². The van der Waals surface area contributed by atoms with Crippen molar-refractivity contribution in [3.05, 3.63) is 56.4 Å². The fourth-order valence-corrected chi connectivity index (χ4v) is 2.85. The van der Waals surface area contributed by atoms with Gasteiger partial charge in [0.2, 0.25) is 5.78 Å². The predicted molar refractivity (Wildman–Crippen MR) is 89.0 cm³/mol. The Morgan fingerprint density at radius 3 is 2.33 bits per heavy atom. The molecule has 0 amide bonds. The molecule has 0 aliphatic carbocycles. The monoisotopic (exact) mass is 385 g/mol. The van der Waals surface area contributed by atoms with E-state index in [9.17, 15) is 27.6 Å². The first kappa shape index (κ1) is 20.5. The van der Waals surface area contributed by atoms with Crippen LogP contribution in [0.1, 0.15) is 43.4 Å². The Kier molecular flexibility index (Phi) is 5.62. The number of esters is 1.